The van der Waals surface area contributed by atoms with E-state index in [1.807, 2.05) is 0 Å². The molecule has 2 N–H and O–H groups in total. The number of pyridine rings is 1. The van der Waals surface area contributed by atoms with Crippen LogP contribution in [0.2, 0.25) is 0 Å². The van der Waals surface area contributed by atoms with E-state index >= 15 is 0 Å². The minimum atomic E-state index is -1.13. The predicted molar refractivity (Wildman–Crippen MR) is 43.0 cm³/mol. The molecular weight excluding hydrogens is 158 g/mol. The summed E-state index contributed by atoms with van der Waals surface area (Å²) in [4.78, 5) is 14.2. The SMILES string of the molecule is C=Cc1ncc(O)cc1C(=O)O. The Labute approximate surface area is 68.8 Å². The van der Waals surface area contributed by atoms with Crippen molar-refractivity contribution >= 4 is 12.0 Å². The topological polar surface area (TPSA) is 70.4 Å². The third-order valence-corrected chi connectivity index (χ3v) is 1.33. The van der Waals surface area contributed by atoms with Crippen LogP contribution in [-0.4, -0.2) is 21.2 Å². The number of nitrogens with zero attached hydrogens (tertiary/aromatic N) is 1. The van der Waals surface area contributed by atoms with E-state index in [-0.39, 0.29) is 17.0 Å². The van der Waals surface area contributed by atoms with Gasteiger partial charge in [0.15, 0.2) is 0 Å². The van der Waals surface area contributed by atoms with Gasteiger partial charge in [-0.25, -0.2) is 4.79 Å². The van der Waals surface area contributed by atoms with Crippen LogP contribution in [0.25, 0.3) is 6.08 Å². The first-order valence-electron chi connectivity index (χ1n) is 3.20. The van der Waals surface area contributed by atoms with Gasteiger partial charge in [-0.15, -0.1) is 0 Å². The molecule has 0 aliphatic rings. The number of carboxylic acid groups (broad SMARTS) is 1. The highest BCUT2D eigenvalue weighted by Crippen LogP contribution is 2.14. The van der Waals surface area contributed by atoms with Gasteiger partial charge in [0.05, 0.1) is 17.5 Å². The van der Waals surface area contributed by atoms with Gasteiger partial charge < -0.3 is 10.2 Å². The van der Waals surface area contributed by atoms with Gasteiger partial charge in [0.1, 0.15) is 5.75 Å². The zero-order valence-corrected chi connectivity index (χ0v) is 6.19. The summed E-state index contributed by atoms with van der Waals surface area (Å²) in [5.74, 6) is -1.30. The zero-order valence-electron chi connectivity index (χ0n) is 6.19. The second-order valence-electron chi connectivity index (χ2n) is 2.14. The van der Waals surface area contributed by atoms with Crippen molar-refractivity contribution in [1.29, 1.82) is 0 Å². The van der Waals surface area contributed by atoms with Crippen molar-refractivity contribution in [1.82, 2.24) is 4.98 Å². The van der Waals surface area contributed by atoms with Crippen molar-refractivity contribution < 1.29 is 15.0 Å². The molecule has 1 rings (SSSR count). The number of rotatable bonds is 2. The maximum atomic E-state index is 10.5. The Morgan fingerprint density at radius 2 is 2.33 bits per heavy atom. The quantitative estimate of drug-likeness (QED) is 0.689. The fraction of sp³-hybridized carbons (Fsp3) is 0. The smallest absolute Gasteiger partial charge is 0.338 e. The second-order valence-corrected chi connectivity index (χ2v) is 2.14. The zero-order chi connectivity index (χ0) is 9.14. The van der Waals surface area contributed by atoms with Gasteiger partial charge in [-0.05, 0) is 12.1 Å². The van der Waals surface area contributed by atoms with Crippen LogP contribution >= 0.6 is 0 Å². The van der Waals surface area contributed by atoms with Crippen LogP contribution in [-0.2, 0) is 0 Å². The molecule has 0 aromatic carbocycles. The van der Waals surface area contributed by atoms with Crippen molar-refractivity contribution in [2.75, 3.05) is 0 Å². The molecule has 0 atom stereocenters. The van der Waals surface area contributed by atoms with Crippen molar-refractivity contribution in [2.24, 2.45) is 0 Å². The number of aromatic carboxylic acids is 1. The molecule has 0 fully saturated rings. The Kier molecular flexibility index (Phi) is 2.09. The Bertz CT molecular complexity index is 333. The summed E-state index contributed by atoms with van der Waals surface area (Å²) < 4.78 is 0. The van der Waals surface area contributed by atoms with E-state index in [4.69, 9.17) is 10.2 Å². The van der Waals surface area contributed by atoms with Crippen LogP contribution in [0, 0.1) is 0 Å². The number of hydrogen-bond acceptors (Lipinski definition) is 3. The first kappa shape index (κ1) is 8.26. The highest BCUT2D eigenvalue weighted by Gasteiger charge is 2.09. The van der Waals surface area contributed by atoms with Crippen LogP contribution in [0.1, 0.15) is 16.1 Å². The molecule has 12 heavy (non-hydrogen) atoms. The van der Waals surface area contributed by atoms with Crippen LogP contribution < -0.4 is 0 Å². The minimum Gasteiger partial charge on any atom is -0.506 e. The molecule has 0 unspecified atom stereocenters. The average molecular weight is 165 g/mol. The molecular formula is C8H7NO3. The molecule has 62 valence electrons. The molecule has 4 nitrogen and oxygen atoms in total. The van der Waals surface area contributed by atoms with E-state index in [1.54, 1.807) is 0 Å². The number of aromatic hydroxyl groups is 1. The summed E-state index contributed by atoms with van der Waals surface area (Å²) in [5.41, 5.74) is 0.199. The maximum Gasteiger partial charge on any atom is 0.338 e. The molecule has 1 aromatic rings. The maximum absolute atomic E-state index is 10.5. The van der Waals surface area contributed by atoms with Crippen LogP contribution in [0.15, 0.2) is 18.8 Å². The van der Waals surface area contributed by atoms with Gasteiger partial charge in [0.2, 0.25) is 0 Å². The molecule has 1 aromatic heterocycles. The summed E-state index contributed by atoms with van der Waals surface area (Å²) in [6.07, 6.45) is 2.49. The lowest BCUT2D eigenvalue weighted by atomic mass is 10.2. The van der Waals surface area contributed by atoms with E-state index in [1.165, 1.54) is 12.3 Å². The third-order valence-electron chi connectivity index (χ3n) is 1.33. The summed E-state index contributed by atoms with van der Waals surface area (Å²) in [7, 11) is 0. The Morgan fingerprint density at radius 1 is 1.67 bits per heavy atom. The molecule has 0 saturated carbocycles. The standard InChI is InChI=1S/C8H7NO3/c1-2-7-6(8(11)12)3-5(10)4-9-7/h2-4,10H,1H2,(H,11,12). The van der Waals surface area contributed by atoms with E-state index in [0.717, 1.165) is 6.07 Å². The highest BCUT2D eigenvalue weighted by molar-refractivity contribution is 5.91. The van der Waals surface area contributed by atoms with Gasteiger partial charge in [0.25, 0.3) is 0 Å². The van der Waals surface area contributed by atoms with Crippen LogP contribution in [0.4, 0.5) is 0 Å². The van der Waals surface area contributed by atoms with Crippen LogP contribution in [0.5, 0.6) is 5.75 Å². The monoisotopic (exact) mass is 165 g/mol. The van der Waals surface area contributed by atoms with Crippen molar-refractivity contribution in [2.45, 2.75) is 0 Å². The van der Waals surface area contributed by atoms with Gasteiger partial charge >= 0.3 is 5.97 Å². The van der Waals surface area contributed by atoms with Crippen molar-refractivity contribution in [3.05, 3.63) is 30.1 Å². The molecule has 0 aliphatic carbocycles. The molecule has 0 bridgehead atoms. The summed E-state index contributed by atoms with van der Waals surface area (Å²) >= 11 is 0. The fourth-order valence-corrected chi connectivity index (χ4v) is 0.798. The summed E-state index contributed by atoms with van der Waals surface area (Å²) in [5, 5.41) is 17.5. The normalized spacial score (nSPS) is 9.33. The Hall–Kier alpha value is -1.84. The Balaban J connectivity index is 3.30. The number of aromatic nitrogens is 1. The lowest BCUT2D eigenvalue weighted by Crippen LogP contribution is -2.00. The second kappa shape index (κ2) is 3.04. The molecule has 0 spiro atoms. The van der Waals surface area contributed by atoms with Crippen molar-refractivity contribution in [3.8, 4) is 5.75 Å². The molecule has 0 amide bonds. The van der Waals surface area contributed by atoms with E-state index in [9.17, 15) is 4.79 Å². The minimum absolute atomic E-state index is 0.0509. The highest BCUT2D eigenvalue weighted by atomic mass is 16.4. The first-order valence-corrected chi connectivity index (χ1v) is 3.20. The van der Waals surface area contributed by atoms with E-state index in [2.05, 4.69) is 11.6 Å². The largest absolute Gasteiger partial charge is 0.506 e. The predicted octanol–water partition coefficient (Wildman–Crippen LogP) is 1.13. The third kappa shape index (κ3) is 1.42. The molecule has 0 saturated heterocycles. The summed E-state index contributed by atoms with van der Waals surface area (Å²) in [6.45, 7) is 3.40. The lowest BCUT2D eigenvalue weighted by molar-refractivity contribution is 0.0695. The van der Waals surface area contributed by atoms with Gasteiger partial charge in [-0.1, -0.05) is 6.58 Å². The Morgan fingerprint density at radius 3 is 2.83 bits per heavy atom. The van der Waals surface area contributed by atoms with Crippen LogP contribution in [0.3, 0.4) is 0 Å². The lowest BCUT2D eigenvalue weighted by Gasteiger charge is -1.99. The van der Waals surface area contributed by atoms with E-state index < -0.39 is 5.97 Å². The molecule has 0 aliphatic heterocycles. The number of carboxylic acids is 1. The fourth-order valence-electron chi connectivity index (χ4n) is 0.798. The molecule has 4 heteroatoms. The van der Waals surface area contributed by atoms with Gasteiger partial charge in [-0.3, -0.25) is 4.98 Å². The van der Waals surface area contributed by atoms with E-state index in [0.29, 0.717) is 0 Å². The number of hydrogen-bond donors (Lipinski definition) is 2. The first-order chi connectivity index (χ1) is 5.65. The molecule has 1 heterocycles. The number of carbonyl (C=O) groups is 1. The summed E-state index contributed by atoms with van der Waals surface area (Å²) in [6, 6.07) is 1.13. The van der Waals surface area contributed by atoms with Gasteiger partial charge in [0, 0.05) is 0 Å². The molecule has 0 radical (unpaired) electrons. The van der Waals surface area contributed by atoms with Gasteiger partial charge in [-0.2, -0.15) is 0 Å². The average Bonchev–Trinajstić information content (AvgIpc) is 2.04. The van der Waals surface area contributed by atoms with Crippen molar-refractivity contribution in [3.63, 3.8) is 0 Å².